The highest BCUT2D eigenvalue weighted by Crippen LogP contribution is 2.11. The van der Waals surface area contributed by atoms with Crippen molar-refractivity contribution in [3.05, 3.63) is 30.3 Å². The number of oxime groups is 1. The number of aliphatic hydroxyl groups excluding tert-OH is 1. The predicted molar refractivity (Wildman–Crippen MR) is 86.6 cm³/mol. The van der Waals surface area contributed by atoms with Crippen molar-refractivity contribution in [3.63, 3.8) is 0 Å². The van der Waals surface area contributed by atoms with Gasteiger partial charge in [-0.25, -0.2) is 18.0 Å². The van der Waals surface area contributed by atoms with Gasteiger partial charge in [0.05, 0.1) is 4.90 Å². The molecule has 0 aliphatic heterocycles. The van der Waals surface area contributed by atoms with Crippen LogP contribution in [0.3, 0.4) is 0 Å². The maximum Gasteiger partial charge on any atom is 0.348 e. The van der Waals surface area contributed by atoms with E-state index in [1.165, 1.54) is 19.2 Å². The second kappa shape index (κ2) is 9.12. The average molecular weight is 390 g/mol. The normalized spacial score (nSPS) is 14.5. The Hall–Kier alpha value is -2.70. The van der Waals surface area contributed by atoms with E-state index in [-0.39, 0.29) is 4.90 Å². The number of sulfone groups is 1. The van der Waals surface area contributed by atoms with E-state index in [1.54, 1.807) is 18.2 Å². The number of nitrogens with zero attached hydrogens (tertiary/aromatic N) is 2. The Bertz CT molecular complexity index is 764. The fourth-order valence-corrected chi connectivity index (χ4v) is 2.92. The third-order valence-electron chi connectivity index (χ3n) is 2.84. The molecule has 1 aromatic carbocycles. The highest BCUT2D eigenvalue weighted by atomic mass is 32.2. The van der Waals surface area contributed by atoms with Crippen molar-refractivity contribution in [2.24, 2.45) is 5.16 Å². The maximum atomic E-state index is 12.1. The summed E-state index contributed by atoms with van der Waals surface area (Å²) >= 11 is 0. The van der Waals surface area contributed by atoms with Crippen LogP contribution in [0.2, 0.25) is 0 Å². The molecule has 0 unspecified atom stereocenters. The summed E-state index contributed by atoms with van der Waals surface area (Å²) in [4.78, 5) is 26.4. The van der Waals surface area contributed by atoms with Crippen LogP contribution in [0, 0.1) is 0 Å². The van der Waals surface area contributed by atoms with Crippen LogP contribution in [-0.4, -0.2) is 71.8 Å². The summed E-state index contributed by atoms with van der Waals surface area (Å²) in [5.41, 5.74) is 0. The van der Waals surface area contributed by atoms with Crippen LogP contribution in [-0.2, 0) is 29.1 Å². The quantitative estimate of drug-likeness (QED) is 0.285. The van der Waals surface area contributed by atoms with Gasteiger partial charge in [-0.2, -0.15) is 0 Å². The van der Waals surface area contributed by atoms with Gasteiger partial charge in [0, 0.05) is 14.0 Å². The molecule has 0 heterocycles. The van der Waals surface area contributed by atoms with Crippen molar-refractivity contribution in [1.82, 2.24) is 5.06 Å². The fraction of sp³-hybridized carbons (Fsp3) is 0.357. The molecule has 144 valence electrons. The number of hydrogen-bond donors (Lipinski definition) is 3. The molecule has 1 aromatic rings. The summed E-state index contributed by atoms with van der Waals surface area (Å²) in [5, 5.41) is 31.0. The Balaban J connectivity index is 2.70. The number of rotatable bonds is 9. The lowest BCUT2D eigenvalue weighted by atomic mass is 10.2. The van der Waals surface area contributed by atoms with Crippen molar-refractivity contribution in [2.75, 3.05) is 12.9 Å². The molecule has 12 heteroatoms. The number of carboxylic acids is 2. The molecule has 1 rings (SSSR count). The highest BCUT2D eigenvalue weighted by Gasteiger charge is 2.34. The van der Waals surface area contributed by atoms with Gasteiger partial charge >= 0.3 is 11.9 Å². The minimum absolute atomic E-state index is 0.0722. The first-order valence-corrected chi connectivity index (χ1v) is 8.71. The first-order chi connectivity index (χ1) is 12.0. The molecular weight excluding hydrogens is 372 g/mol. The second-order valence-corrected chi connectivity index (χ2v) is 7.00. The Labute approximate surface area is 148 Å². The van der Waals surface area contributed by atoms with Gasteiger partial charge in [-0.05, 0) is 17.3 Å². The lowest BCUT2D eigenvalue weighted by molar-refractivity contribution is -0.165. The maximum absolute atomic E-state index is 12.1. The molecule has 0 saturated heterocycles. The van der Waals surface area contributed by atoms with E-state index in [9.17, 15) is 23.1 Å². The Kier molecular flexibility index (Phi) is 7.49. The summed E-state index contributed by atoms with van der Waals surface area (Å²) in [7, 11) is -2.43. The molecule has 2 atom stereocenters. The predicted octanol–water partition coefficient (Wildman–Crippen LogP) is -0.470. The fourth-order valence-electron chi connectivity index (χ4n) is 1.68. The van der Waals surface area contributed by atoms with E-state index in [1.807, 2.05) is 0 Å². The van der Waals surface area contributed by atoms with Crippen molar-refractivity contribution in [1.29, 1.82) is 0 Å². The van der Waals surface area contributed by atoms with Crippen LogP contribution in [0.1, 0.15) is 6.92 Å². The lowest BCUT2D eigenvalue weighted by Crippen LogP contribution is -2.42. The molecule has 3 N–H and O–H groups in total. The van der Waals surface area contributed by atoms with E-state index in [4.69, 9.17) is 19.9 Å². The molecule has 26 heavy (non-hydrogen) atoms. The Morgan fingerprint density at radius 1 is 1.19 bits per heavy atom. The smallest absolute Gasteiger partial charge is 0.348 e. The zero-order valence-electron chi connectivity index (χ0n) is 13.8. The topological polar surface area (TPSA) is 163 Å². The SMILES string of the molecule is C/C(=N\ON(C)CS(=O)(=O)c1ccccc1)O[C@@H](C(=O)O)[C@@H](O)C(=O)O. The number of hydrogen-bond acceptors (Lipinski definition) is 9. The summed E-state index contributed by atoms with van der Waals surface area (Å²) in [6, 6.07) is 7.60. The zero-order chi connectivity index (χ0) is 19.9. The van der Waals surface area contributed by atoms with Gasteiger partial charge in [-0.15, -0.1) is 5.06 Å². The highest BCUT2D eigenvalue weighted by molar-refractivity contribution is 7.91. The molecule has 0 aromatic heterocycles. The molecule has 0 saturated carbocycles. The van der Waals surface area contributed by atoms with Crippen LogP contribution >= 0.6 is 0 Å². The molecular formula is C14H18N2O9S. The number of carbonyl (C=O) groups is 2. The molecule has 0 spiro atoms. The van der Waals surface area contributed by atoms with Crippen molar-refractivity contribution in [3.8, 4) is 0 Å². The number of hydroxylamine groups is 2. The Morgan fingerprint density at radius 2 is 1.77 bits per heavy atom. The van der Waals surface area contributed by atoms with Crippen LogP contribution in [0.25, 0.3) is 0 Å². The number of aliphatic carboxylic acids is 2. The van der Waals surface area contributed by atoms with E-state index >= 15 is 0 Å². The van der Waals surface area contributed by atoms with Crippen molar-refractivity contribution >= 4 is 27.7 Å². The van der Waals surface area contributed by atoms with Gasteiger partial charge < -0.3 is 20.1 Å². The van der Waals surface area contributed by atoms with Crippen molar-refractivity contribution in [2.45, 2.75) is 24.0 Å². The largest absolute Gasteiger partial charge is 0.479 e. The standard InChI is InChI=1S/C14H18N2O9S/c1-9(24-12(14(20)21)11(17)13(18)19)15-25-16(2)8-26(22,23)10-6-4-3-5-7-10/h3-7,11-12,17H,8H2,1-2H3,(H,18,19)(H,20,21)/b15-9+/t11-,12-/m1/s1. The monoisotopic (exact) mass is 390 g/mol. The van der Waals surface area contributed by atoms with E-state index < -0.39 is 45.8 Å². The number of ether oxygens (including phenoxy) is 1. The van der Waals surface area contributed by atoms with E-state index in [0.717, 1.165) is 12.0 Å². The van der Waals surface area contributed by atoms with Gasteiger partial charge in [-0.3, -0.25) is 4.94 Å². The zero-order valence-corrected chi connectivity index (χ0v) is 14.7. The number of aliphatic hydroxyl groups is 1. The Morgan fingerprint density at radius 3 is 2.27 bits per heavy atom. The molecule has 11 nitrogen and oxygen atoms in total. The molecule has 0 fully saturated rings. The average Bonchev–Trinajstić information content (AvgIpc) is 2.57. The minimum atomic E-state index is -3.69. The van der Waals surface area contributed by atoms with Crippen LogP contribution in [0.4, 0.5) is 0 Å². The van der Waals surface area contributed by atoms with Gasteiger partial charge in [0.25, 0.3) is 0 Å². The van der Waals surface area contributed by atoms with Gasteiger partial charge in [0.1, 0.15) is 5.88 Å². The molecule has 0 radical (unpaired) electrons. The van der Waals surface area contributed by atoms with Gasteiger partial charge in [-0.1, -0.05) is 18.2 Å². The summed E-state index contributed by atoms with van der Waals surface area (Å²) in [6.45, 7) is 1.14. The van der Waals surface area contributed by atoms with E-state index in [2.05, 4.69) is 5.16 Å². The summed E-state index contributed by atoms with van der Waals surface area (Å²) in [5.74, 6) is -4.51. The first kappa shape index (κ1) is 21.3. The van der Waals surface area contributed by atoms with Gasteiger partial charge in [0.2, 0.25) is 12.0 Å². The lowest BCUT2D eigenvalue weighted by Gasteiger charge is -2.18. The molecule has 0 bridgehead atoms. The third-order valence-corrected chi connectivity index (χ3v) is 4.54. The third kappa shape index (κ3) is 6.31. The summed E-state index contributed by atoms with van der Waals surface area (Å²) < 4.78 is 29.0. The second-order valence-electron chi connectivity index (χ2n) is 5.04. The molecule has 0 amide bonds. The number of carboxylic acid groups (broad SMARTS) is 2. The molecule has 0 aliphatic rings. The van der Waals surface area contributed by atoms with E-state index in [0.29, 0.717) is 0 Å². The van der Waals surface area contributed by atoms with Gasteiger partial charge in [0.15, 0.2) is 15.9 Å². The minimum Gasteiger partial charge on any atom is -0.479 e. The van der Waals surface area contributed by atoms with Crippen LogP contribution < -0.4 is 0 Å². The van der Waals surface area contributed by atoms with Crippen LogP contribution in [0.15, 0.2) is 40.4 Å². The number of benzene rings is 1. The van der Waals surface area contributed by atoms with Crippen molar-refractivity contribution < 1.29 is 43.0 Å². The first-order valence-electron chi connectivity index (χ1n) is 7.05. The van der Waals surface area contributed by atoms with Crippen LogP contribution in [0.5, 0.6) is 0 Å². The molecule has 0 aliphatic carbocycles. The summed E-state index contributed by atoms with van der Waals surface area (Å²) in [6.07, 6.45) is -4.44.